The molecule has 2 aliphatic heterocycles. The van der Waals surface area contributed by atoms with Gasteiger partial charge in [-0.05, 0) is 41.7 Å². The molecule has 26 heavy (non-hydrogen) atoms. The van der Waals surface area contributed by atoms with E-state index in [1.54, 1.807) is 12.1 Å². The predicted molar refractivity (Wildman–Crippen MR) is 94.0 cm³/mol. The molecule has 0 saturated carbocycles. The lowest BCUT2D eigenvalue weighted by Gasteiger charge is -2.39. The Hall–Kier alpha value is -2.53. The third kappa shape index (κ3) is 3.03. The van der Waals surface area contributed by atoms with Crippen molar-refractivity contribution in [1.82, 2.24) is 4.90 Å². The first-order chi connectivity index (χ1) is 12.7. The van der Waals surface area contributed by atoms with Crippen LogP contribution in [0.15, 0.2) is 48.5 Å². The topological polar surface area (TPSA) is 46.6 Å². The van der Waals surface area contributed by atoms with Gasteiger partial charge in [0.05, 0.1) is 12.6 Å². The molecule has 0 N–H and O–H groups in total. The zero-order valence-electron chi connectivity index (χ0n) is 14.3. The van der Waals surface area contributed by atoms with Gasteiger partial charge in [0.25, 0.3) is 5.91 Å². The molecule has 1 saturated heterocycles. The molecule has 3 atom stereocenters. The van der Waals surface area contributed by atoms with Crippen molar-refractivity contribution in [3.8, 4) is 0 Å². The standard InChI is InChI=1S/C21H20FNO3/c22-17-7-5-16(6-8-17)20-18-4-2-1-3-15(18)9-10-23(20)21(25)19-11-14(12-24)13-26-19/h1-8,12,14,19-20H,9-11,13H2/t14?,19-,20+/m1/s1. The van der Waals surface area contributed by atoms with E-state index in [1.807, 2.05) is 23.1 Å². The van der Waals surface area contributed by atoms with Gasteiger partial charge in [0, 0.05) is 12.5 Å². The summed E-state index contributed by atoms with van der Waals surface area (Å²) in [6.07, 6.45) is 1.47. The highest BCUT2D eigenvalue weighted by Crippen LogP contribution is 2.36. The lowest BCUT2D eigenvalue weighted by atomic mass is 9.87. The van der Waals surface area contributed by atoms with Crippen molar-refractivity contribution in [2.45, 2.75) is 25.0 Å². The quantitative estimate of drug-likeness (QED) is 0.797. The van der Waals surface area contributed by atoms with Crippen molar-refractivity contribution in [2.24, 2.45) is 5.92 Å². The van der Waals surface area contributed by atoms with Crippen LogP contribution < -0.4 is 0 Å². The monoisotopic (exact) mass is 353 g/mol. The maximum Gasteiger partial charge on any atom is 0.252 e. The molecular formula is C21H20FNO3. The average molecular weight is 353 g/mol. The Labute approximate surface area is 151 Å². The summed E-state index contributed by atoms with van der Waals surface area (Å²) in [6.45, 7) is 0.870. The van der Waals surface area contributed by atoms with Gasteiger partial charge in [-0.2, -0.15) is 0 Å². The Bertz CT molecular complexity index is 820. The number of ether oxygens (including phenoxy) is 1. The van der Waals surface area contributed by atoms with Gasteiger partial charge in [0.2, 0.25) is 0 Å². The van der Waals surface area contributed by atoms with Crippen LogP contribution >= 0.6 is 0 Å². The molecule has 2 aromatic rings. The number of halogens is 1. The minimum atomic E-state index is -0.585. The van der Waals surface area contributed by atoms with Crippen LogP contribution in [0.2, 0.25) is 0 Å². The lowest BCUT2D eigenvalue weighted by molar-refractivity contribution is -0.143. The van der Waals surface area contributed by atoms with Crippen molar-refractivity contribution < 1.29 is 18.7 Å². The van der Waals surface area contributed by atoms with E-state index in [4.69, 9.17) is 4.74 Å². The van der Waals surface area contributed by atoms with Crippen LogP contribution in [0.4, 0.5) is 4.39 Å². The van der Waals surface area contributed by atoms with Crippen LogP contribution in [-0.4, -0.2) is 36.3 Å². The van der Waals surface area contributed by atoms with Gasteiger partial charge in [-0.25, -0.2) is 4.39 Å². The Kier molecular flexibility index (Phi) is 4.55. The van der Waals surface area contributed by atoms with Gasteiger partial charge < -0.3 is 14.4 Å². The van der Waals surface area contributed by atoms with Crippen LogP contribution in [0.5, 0.6) is 0 Å². The summed E-state index contributed by atoms with van der Waals surface area (Å²) in [7, 11) is 0. The SMILES string of the molecule is O=CC1CO[C@@H](C(=O)N2CCc3ccccc3[C@@H]2c2ccc(F)cc2)C1. The van der Waals surface area contributed by atoms with Crippen LogP contribution in [-0.2, 0) is 20.7 Å². The number of fused-ring (bicyclic) bond motifs is 1. The lowest BCUT2D eigenvalue weighted by Crippen LogP contribution is -2.45. The van der Waals surface area contributed by atoms with Crippen molar-refractivity contribution in [3.05, 3.63) is 71.0 Å². The fourth-order valence-corrected chi connectivity index (χ4v) is 3.91. The van der Waals surface area contributed by atoms with Gasteiger partial charge in [-0.15, -0.1) is 0 Å². The number of amides is 1. The Morgan fingerprint density at radius 1 is 1.15 bits per heavy atom. The molecule has 1 fully saturated rings. The molecule has 0 bridgehead atoms. The summed E-state index contributed by atoms with van der Waals surface area (Å²) < 4.78 is 19.0. The van der Waals surface area contributed by atoms with Gasteiger partial charge in [0.1, 0.15) is 18.2 Å². The molecule has 5 heteroatoms. The second-order valence-corrected chi connectivity index (χ2v) is 6.89. The van der Waals surface area contributed by atoms with Gasteiger partial charge in [0.15, 0.2) is 0 Å². The van der Waals surface area contributed by atoms with E-state index in [1.165, 1.54) is 17.7 Å². The zero-order chi connectivity index (χ0) is 18.1. The van der Waals surface area contributed by atoms with E-state index >= 15 is 0 Å². The first-order valence-electron chi connectivity index (χ1n) is 8.88. The number of nitrogens with zero attached hydrogens (tertiary/aromatic N) is 1. The molecule has 4 nitrogen and oxygen atoms in total. The molecule has 4 rings (SSSR count). The average Bonchev–Trinajstić information content (AvgIpc) is 3.16. The first-order valence-corrected chi connectivity index (χ1v) is 8.88. The molecule has 1 amide bonds. The number of hydrogen-bond donors (Lipinski definition) is 0. The first kappa shape index (κ1) is 16.9. The number of rotatable bonds is 3. The van der Waals surface area contributed by atoms with Crippen LogP contribution in [0.25, 0.3) is 0 Å². The number of hydrogen-bond acceptors (Lipinski definition) is 3. The summed E-state index contributed by atoms with van der Waals surface area (Å²) in [5.74, 6) is -0.618. The molecule has 0 spiro atoms. The molecule has 2 heterocycles. The number of carbonyl (C=O) groups is 2. The molecule has 0 radical (unpaired) electrons. The number of aldehydes is 1. The van der Waals surface area contributed by atoms with E-state index < -0.39 is 6.10 Å². The van der Waals surface area contributed by atoms with Gasteiger partial charge >= 0.3 is 0 Å². The van der Waals surface area contributed by atoms with Crippen molar-refractivity contribution in [2.75, 3.05) is 13.2 Å². The molecule has 2 aromatic carbocycles. The van der Waals surface area contributed by atoms with E-state index in [0.717, 1.165) is 23.8 Å². The second kappa shape index (κ2) is 7.00. The Morgan fingerprint density at radius 3 is 2.65 bits per heavy atom. The summed E-state index contributed by atoms with van der Waals surface area (Å²) in [6, 6.07) is 14.1. The zero-order valence-corrected chi connectivity index (χ0v) is 14.3. The van der Waals surface area contributed by atoms with Gasteiger partial charge in [-0.1, -0.05) is 36.4 Å². The molecule has 0 aliphatic carbocycles. The van der Waals surface area contributed by atoms with Crippen molar-refractivity contribution >= 4 is 12.2 Å². The van der Waals surface area contributed by atoms with Crippen LogP contribution in [0.3, 0.4) is 0 Å². The molecule has 0 aromatic heterocycles. The largest absolute Gasteiger partial charge is 0.368 e. The molecular weight excluding hydrogens is 333 g/mol. The fourth-order valence-electron chi connectivity index (χ4n) is 3.91. The maximum absolute atomic E-state index is 13.4. The fraction of sp³-hybridized carbons (Fsp3) is 0.333. The van der Waals surface area contributed by atoms with E-state index in [2.05, 4.69) is 6.07 Å². The summed E-state index contributed by atoms with van der Waals surface area (Å²) >= 11 is 0. The van der Waals surface area contributed by atoms with Crippen LogP contribution in [0, 0.1) is 11.7 Å². The smallest absolute Gasteiger partial charge is 0.252 e. The molecule has 2 aliphatic rings. The number of benzene rings is 2. The minimum absolute atomic E-state index is 0.0989. The van der Waals surface area contributed by atoms with E-state index in [9.17, 15) is 14.0 Å². The molecule has 134 valence electrons. The normalized spacial score (nSPS) is 25.0. The summed E-state index contributed by atoms with van der Waals surface area (Å²) in [4.78, 5) is 25.9. The van der Waals surface area contributed by atoms with Crippen molar-refractivity contribution in [1.29, 1.82) is 0 Å². The highest BCUT2D eigenvalue weighted by molar-refractivity contribution is 5.83. The highest BCUT2D eigenvalue weighted by Gasteiger charge is 2.39. The van der Waals surface area contributed by atoms with E-state index in [-0.39, 0.29) is 23.7 Å². The van der Waals surface area contributed by atoms with Crippen molar-refractivity contribution in [3.63, 3.8) is 0 Å². The summed E-state index contributed by atoms with van der Waals surface area (Å²) in [5, 5.41) is 0. The Balaban J connectivity index is 1.70. The number of carbonyl (C=O) groups excluding carboxylic acids is 2. The van der Waals surface area contributed by atoms with E-state index in [0.29, 0.717) is 19.6 Å². The second-order valence-electron chi connectivity index (χ2n) is 6.89. The molecule has 1 unspecified atom stereocenters. The van der Waals surface area contributed by atoms with Gasteiger partial charge in [-0.3, -0.25) is 4.79 Å². The highest BCUT2D eigenvalue weighted by atomic mass is 19.1. The Morgan fingerprint density at radius 2 is 1.92 bits per heavy atom. The third-order valence-corrected chi connectivity index (χ3v) is 5.25. The minimum Gasteiger partial charge on any atom is -0.368 e. The predicted octanol–water partition coefficient (Wildman–Crippen LogP) is 2.90. The van der Waals surface area contributed by atoms with Crippen LogP contribution in [0.1, 0.15) is 29.2 Å². The summed E-state index contributed by atoms with van der Waals surface area (Å²) in [5.41, 5.74) is 3.13. The third-order valence-electron chi connectivity index (χ3n) is 5.25. The maximum atomic E-state index is 13.4.